The maximum atomic E-state index is 13.3. The SMILES string of the molecule is CC(=O)O.CN(C)CCCNC(=O)CCNC(=O)c1cc(NC(=O)c2cc(NC(=O)CCNC(=O)c3cc(NC(=O)c4cc(NC(=O)CCCNC(=O)c5cc(NC(=O)c6nccn6C)cn5C)cn4C)cn3C)cn2C)cn1C. The van der Waals surface area contributed by atoms with Crippen LogP contribution in [0.15, 0.2) is 73.7 Å². The topological polar surface area (TPSA) is 345 Å². The Morgan fingerprint density at radius 2 is 0.775 bits per heavy atom. The zero-order chi connectivity index (χ0) is 58.8. The van der Waals surface area contributed by atoms with Crippen LogP contribution in [-0.4, -0.2) is 148 Å². The fourth-order valence-corrected chi connectivity index (χ4v) is 7.91. The molecule has 80 heavy (non-hydrogen) atoms. The van der Waals surface area contributed by atoms with E-state index in [1.165, 1.54) is 44.2 Å². The molecule has 0 aromatic carbocycles. The van der Waals surface area contributed by atoms with Crippen molar-refractivity contribution >= 4 is 87.6 Å². The Bertz CT molecular complexity index is 3230. The number of rotatable bonds is 25. The van der Waals surface area contributed by atoms with Crippen molar-refractivity contribution in [2.24, 2.45) is 42.3 Å². The number of carboxylic acid groups (broad SMARTS) is 1. The number of carbonyl (C=O) groups is 10. The summed E-state index contributed by atoms with van der Waals surface area (Å²) >= 11 is 0. The summed E-state index contributed by atoms with van der Waals surface area (Å²) in [6.45, 7) is 2.80. The van der Waals surface area contributed by atoms with Crippen LogP contribution in [0.5, 0.6) is 0 Å². The van der Waals surface area contributed by atoms with Crippen LogP contribution in [0, 0.1) is 0 Å². The van der Waals surface area contributed by atoms with Crippen molar-refractivity contribution in [1.82, 2.24) is 58.6 Å². The average Bonchev–Trinajstić information content (AvgIpc) is 4.25. The third-order valence-corrected chi connectivity index (χ3v) is 11.8. The first-order chi connectivity index (χ1) is 37.9. The number of aromatic nitrogens is 7. The average molecular weight is 1110 g/mol. The Balaban J connectivity index is 0.00000284. The first kappa shape index (κ1) is 61.1. The molecule has 6 aromatic rings. The molecule has 0 aliphatic heterocycles. The molecular weight excluding hydrogens is 1040 g/mol. The molecule has 0 atom stereocenters. The van der Waals surface area contributed by atoms with Crippen LogP contribution < -0.4 is 47.9 Å². The van der Waals surface area contributed by atoms with Crippen molar-refractivity contribution in [3.63, 3.8) is 0 Å². The normalized spacial score (nSPS) is 10.7. The van der Waals surface area contributed by atoms with Gasteiger partial charge >= 0.3 is 0 Å². The summed E-state index contributed by atoms with van der Waals surface area (Å²) in [6, 6.07) is 7.54. The fraction of sp³-hybridized carbons (Fsp3) is 0.365. The molecule has 6 heterocycles. The van der Waals surface area contributed by atoms with E-state index in [0.717, 1.165) is 19.9 Å². The molecule has 6 aromatic heterocycles. The predicted molar refractivity (Wildman–Crippen MR) is 296 cm³/mol. The van der Waals surface area contributed by atoms with Crippen LogP contribution in [0.3, 0.4) is 0 Å². The standard InChI is InChI=1S/C50H65N17O9.C2H4O2/c1-61(2)19-10-15-51-41(68)12-16-54-46(72)37-23-33(28-63(37)4)59-49(75)40-22-32(27-67(40)8)57-43(70)13-17-55-47(73)38-24-34(29-64(38)5)58-48(74)39-21-31(26-66(39)7)56-42(69)11-9-14-53-45(71)36-25-35(30-65(36)6)60-50(76)44-52-18-20-62(44)3;1-2(3)4/h18,20-30H,9-17,19H2,1-8H3,(H,51,68)(H,53,71)(H,54,72)(H,55,73)(H,56,69)(H,57,70)(H,58,74)(H,59,75)(H,60,76);1H3,(H,3,4). The number of carboxylic acids is 1. The number of hydrogen-bond donors (Lipinski definition) is 10. The number of nitrogens with zero attached hydrogens (tertiary/aromatic N) is 8. The number of carbonyl (C=O) groups excluding carboxylic acids is 9. The van der Waals surface area contributed by atoms with E-state index in [4.69, 9.17) is 9.90 Å². The summed E-state index contributed by atoms with van der Waals surface area (Å²) < 4.78 is 9.30. The predicted octanol–water partition coefficient (Wildman–Crippen LogP) is 2.06. The van der Waals surface area contributed by atoms with Crippen molar-refractivity contribution in [2.45, 2.75) is 39.0 Å². The van der Waals surface area contributed by atoms with E-state index in [1.54, 1.807) is 99.2 Å². The number of imidazole rings is 1. The highest BCUT2D eigenvalue weighted by atomic mass is 16.4. The second-order valence-corrected chi connectivity index (χ2v) is 18.8. The van der Waals surface area contributed by atoms with Gasteiger partial charge in [-0.15, -0.1) is 0 Å². The van der Waals surface area contributed by atoms with Crippen LogP contribution in [0.2, 0.25) is 0 Å². The van der Waals surface area contributed by atoms with Crippen LogP contribution >= 0.6 is 0 Å². The zero-order valence-corrected chi connectivity index (χ0v) is 46.1. The number of nitrogens with one attached hydrogen (secondary N) is 9. The molecule has 0 aliphatic rings. The number of aliphatic carboxylic acids is 1. The lowest BCUT2D eigenvalue weighted by Gasteiger charge is -2.10. The molecule has 10 N–H and O–H groups in total. The molecule has 0 fully saturated rings. The highest BCUT2D eigenvalue weighted by Gasteiger charge is 2.21. The second kappa shape index (κ2) is 28.6. The van der Waals surface area contributed by atoms with E-state index in [-0.39, 0.29) is 85.2 Å². The summed E-state index contributed by atoms with van der Waals surface area (Å²) in [7, 11) is 13.8. The minimum Gasteiger partial charge on any atom is -0.481 e. The van der Waals surface area contributed by atoms with E-state index in [1.807, 2.05) is 19.0 Å². The lowest BCUT2D eigenvalue weighted by atomic mass is 10.2. The molecule has 9 amide bonds. The summed E-state index contributed by atoms with van der Waals surface area (Å²) in [5.41, 5.74) is 3.08. The van der Waals surface area contributed by atoms with Crippen molar-refractivity contribution in [3.8, 4) is 0 Å². The van der Waals surface area contributed by atoms with Gasteiger partial charge in [0.2, 0.25) is 17.7 Å². The monoisotopic (exact) mass is 1110 g/mol. The van der Waals surface area contributed by atoms with Gasteiger partial charge in [0, 0.05) is 138 Å². The van der Waals surface area contributed by atoms with Crippen LogP contribution in [0.1, 0.15) is 102 Å². The molecule has 0 radical (unpaired) electrons. The van der Waals surface area contributed by atoms with E-state index in [2.05, 4.69) is 52.8 Å². The van der Waals surface area contributed by atoms with Crippen molar-refractivity contribution in [1.29, 1.82) is 0 Å². The van der Waals surface area contributed by atoms with E-state index in [0.29, 0.717) is 47.1 Å². The van der Waals surface area contributed by atoms with Crippen molar-refractivity contribution < 1.29 is 53.1 Å². The van der Waals surface area contributed by atoms with Gasteiger partial charge in [0.15, 0.2) is 5.82 Å². The third-order valence-electron chi connectivity index (χ3n) is 11.8. The lowest BCUT2D eigenvalue weighted by molar-refractivity contribution is -0.134. The summed E-state index contributed by atoms with van der Waals surface area (Å²) in [6.07, 6.45) is 12.3. The second-order valence-electron chi connectivity index (χ2n) is 18.8. The Kier molecular flexibility index (Phi) is 21.8. The van der Waals surface area contributed by atoms with Crippen LogP contribution in [0.25, 0.3) is 0 Å². The largest absolute Gasteiger partial charge is 0.481 e. The quantitative estimate of drug-likeness (QED) is 0.0368. The van der Waals surface area contributed by atoms with Crippen molar-refractivity contribution in [2.75, 3.05) is 73.4 Å². The van der Waals surface area contributed by atoms with E-state index < -0.39 is 41.4 Å². The van der Waals surface area contributed by atoms with Gasteiger partial charge in [-0.2, -0.15) is 0 Å². The summed E-state index contributed by atoms with van der Waals surface area (Å²) in [4.78, 5) is 131. The summed E-state index contributed by atoms with van der Waals surface area (Å²) in [5, 5.41) is 32.2. The van der Waals surface area contributed by atoms with Gasteiger partial charge in [0.05, 0.1) is 28.4 Å². The minimum absolute atomic E-state index is 0.0249. The van der Waals surface area contributed by atoms with Crippen LogP contribution in [0.4, 0.5) is 28.4 Å². The fourth-order valence-electron chi connectivity index (χ4n) is 7.91. The number of amides is 9. The Hall–Kier alpha value is -9.73. The Morgan fingerprint density at radius 1 is 0.438 bits per heavy atom. The molecule has 0 bridgehead atoms. The molecule has 0 unspecified atom stereocenters. The van der Waals surface area contributed by atoms with Gasteiger partial charge in [0.25, 0.3) is 41.4 Å². The molecule has 0 spiro atoms. The zero-order valence-electron chi connectivity index (χ0n) is 46.1. The van der Waals surface area contributed by atoms with E-state index in [9.17, 15) is 43.2 Å². The maximum absolute atomic E-state index is 13.3. The van der Waals surface area contributed by atoms with Crippen molar-refractivity contribution in [3.05, 3.63) is 108 Å². The Labute approximate surface area is 460 Å². The molecule has 428 valence electrons. The number of anilines is 5. The molecule has 0 saturated heterocycles. The number of aryl methyl sites for hydroxylation is 6. The Morgan fingerprint density at radius 3 is 1.16 bits per heavy atom. The lowest BCUT2D eigenvalue weighted by Crippen LogP contribution is -2.32. The highest BCUT2D eigenvalue weighted by molar-refractivity contribution is 6.07. The molecule has 6 rings (SSSR count). The van der Waals surface area contributed by atoms with Crippen LogP contribution in [-0.2, 0) is 61.5 Å². The van der Waals surface area contributed by atoms with Gasteiger partial charge < -0.3 is 85.3 Å². The van der Waals surface area contributed by atoms with Gasteiger partial charge in [0.1, 0.15) is 28.5 Å². The first-order valence-electron chi connectivity index (χ1n) is 25.2. The smallest absolute Gasteiger partial charge is 0.300 e. The number of hydrogen-bond acceptors (Lipinski definition) is 12. The van der Waals surface area contributed by atoms with Gasteiger partial charge in [-0.25, -0.2) is 4.98 Å². The minimum atomic E-state index is -0.833. The molecule has 28 heteroatoms. The molecule has 0 aliphatic carbocycles. The van der Waals surface area contributed by atoms with Gasteiger partial charge in [-0.3, -0.25) is 47.9 Å². The molecule has 28 nitrogen and oxygen atoms in total. The summed E-state index contributed by atoms with van der Waals surface area (Å²) in [5.74, 6) is -4.23. The van der Waals surface area contributed by atoms with Gasteiger partial charge in [-0.1, -0.05) is 0 Å². The highest BCUT2D eigenvalue weighted by Crippen LogP contribution is 2.20. The molecular formula is C52H69N17O11. The first-order valence-corrected chi connectivity index (χ1v) is 25.2. The third kappa shape index (κ3) is 18.2. The van der Waals surface area contributed by atoms with E-state index >= 15 is 0 Å². The molecule has 0 saturated carbocycles. The van der Waals surface area contributed by atoms with Gasteiger partial charge in [-0.05, 0) is 63.8 Å². The maximum Gasteiger partial charge on any atom is 0.300 e.